The molecule has 1 aromatic rings. The maximum absolute atomic E-state index is 8.28. The second kappa shape index (κ2) is 4.22. The van der Waals surface area contributed by atoms with Crippen molar-refractivity contribution in [2.24, 2.45) is 0 Å². The summed E-state index contributed by atoms with van der Waals surface area (Å²) in [5.41, 5.74) is 0. The van der Waals surface area contributed by atoms with Crippen LogP contribution in [0.3, 0.4) is 0 Å². The van der Waals surface area contributed by atoms with E-state index in [0.717, 1.165) is 5.03 Å². The molecule has 11 heavy (non-hydrogen) atoms. The first-order valence-electron chi connectivity index (χ1n) is 2.95. The molecular formula is C7H5ClN2S. The third kappa shape index (κ3) is 2.41. The molecule has 0 amide bonds. The molecule has 0 saturated carbocycles. The Morgan fingerprint density at radius 3 is 3.18 bits per heavy atom. The zero-order valence-electron chi connectivity index (χ0n) is 5.62. The van der Waals surface area contributed by atoms with Gasteiger partial charge in [-0.1, -0.05) is 23.4 Å². The Hall–Kier alpha value is -0.720. The van der Waals surface area contributed by atoms with Crippen LogP contribution in [-0.4, -0.2) is 10.7 Å². The highest BCUT2D eigenvalue weighted by atomic mass is 35.5. The maximum atomic E-state index is 8.28. The Kier molecular flexibility index (Phi) is 3.21. The molecule has 2 nitrogen and oxygen atoms in total. The number of thioether (sulfide) groups is 1. The van der Waals surface area contributed by atoms with Crippen molar-refractivity contribution in [3.05, 3.63) is 23.4 Å². The van der Waals surface area contributed by atoms with Crippen LogP contribution >= 0.6 is 23.4 Å². The standard InChI is InChI=1S/C7H5ClN2S/c8-6-2-1-4-10-7(6)11-5-3-9/h1-2,4H,5H2. The topological polar surface area (TPSA) is 36.7 Å². The van der Waals surface area contributed by atoms with Gasteiger partial charge in [0.2, 0.25) is 0 Å². The van der Waals surface area contributed by atoms with Crippen LogP contribution in [0.4, 0.5) is 0 Å². The van der Waals surface area contributed by atoms with Gasteiger partial charge in [-0.3, -0.25) is 0 Å². The minimum atomic E-state index is 0.386. The summed E-state index contributed by atoms with van der Waals surface area (Å²) in [6, 6.07) is 5.53. The minimum Gasteiger partial charge on any atom is -0.248 e. The fourth-order valence-electron chi connectivity index (χ4n) is 0.578. The summed E-state index contributed by atoms with van der Waals surface area (Å²) in [7, 11) is 0. The summed E-state index contributed by atoms with van der Waals surface area (Å²) in [6.45, 7) is 0. The van der Waals surface area contributed by atoms with Gasteiger partial charge in [-0.25, -0.2) is 4.98 Å². The first-order chi connectivity index (χ1) is 5.34. The average molecular weight is 185 g/mol. The first kappa shape index (κ1) is 8.38. The zero-order chi connectivity index (χ0) is 8.10. The molecule has 0 spiro atoms. The minimum absolute atomic E-state index is 0.386. The lowest BCUT2D eigenvalue weighted by atomic mass is 10.5. The lowest BCUT2D eigenvalue weighted by Gasteiger charge is -1.96. The van der Waals surface area contributed by atoms with E-state index in [1.165, 1.54) is 11.8 Å². The Labute approximate surface area is 74.2 Å². The third-order valence-corrected chi connectivity index (χ3v) is 2.29. The largest absolute Gasteiger partial charge is 0.248 e. The van der Waals surface area contributed by atoms with Crippen LogP contribution in [0.5, 0.6) is 0 Å². The molecule has 0 saturated heterocycles. The summed E-state index contributed by atoms with van der Waals surface area (Å²) in [4.78, 5) is 4.00. The van der Waals surface area contributed by atoms with E-state index < -0.39 is 0 Å². The molecule has 0 N–H and O–H groups in total. The molecule has 56 valence electrons. The van der Waals surface area contributed by atoms with Crippen LogP contribution in [0.2, 0.25) is 5.02 Å². The van der Waals surface area contributed by atoms with E-state index in [0.29, 0.717) is 10.8 Å². The lowest BCUT2D eigenvalue weighted by Crippen LogP contribution is -1.80. The van der Waals surface area contributed by atoms with E-state index in [1.54, 1.807) is 18.3 Å². The lowest BCUT2D eigenvalue weighted by molar-refractivity contribution is 1.14. The zero-order valence-corrected chi connectivity index (χ0v) is 7.19. The van der Waals surface area contributed by atoms with Crippen LogP contribution in [0, 0.1) is 11.3 Å². The third-order valence-electron chi connectivity index (χ3n) is 0.998. The van der Waals surface area contributed by atoms with Crippen molar-refractivity contribution in [2.45, 2.75) is 5.03 Å². The monoisotopic (exact) mass is 184 g/mol. The average Bonchev–Trinajstić information content (AvgIpc) is 2.03. The molecular weight excluding hydrogens is 180 g/mol. The van der Waals surface area contributed by atoms with Crippen LogP contribution in [0.1, 0.15) is 0 Å². The summed E-state index contributed by atoms with van der Waals surface area (Å²) < 4.78 is 0. The Morgan fingerprint density at radius 1 is 1.73 bits per heavy atom. The molecule has 1 aromatic heterocycles. The highest BCUT2D eigenvalue weighted by molar-refractivity contribution is 7.99. The van der Waals surface area contributed by atoms with Gasteiger partial charge >= 0.3 is 0 Å². The van der Waals surface area contributed by atoms with Crippen LogP contribution < -0.4 is 0 Å². The summed E-state index contributed by atoms with van der Waals surface area (Å²) in [5, 5.41) is 9.60. The summed E-state index contributed by atoms with van der Waals surface area (Å²) >= 11 is 7.11. The van der Waals surface area contributed by atoms with Gasteiger partial charge in [-0.2, -0.15) is 5.26 Å². The van der Waals surface area contributed by atoms with Gasteiger partial charge in [-0.05, 0) is 12.1 Å². The molecule has 0 aliphatic rings. The van der Waals surface area contributed by atoms with Crippen LogP contribution in [0.25, 0.3) is 0 Å². The molecule has 0 aromatic carbocycles. The number of aromatic nitrogens is 1. The van der Waals surface area contributed by atoms with Crippen molar-refractivity contribution in [1.29, 1.82) is 5.26 Å². The first-order valence-corrected chi connectivity index (χ1v) is 4.31. The molecule has 0 fully saturated rings. The van der Waals surface area contributed by atoms with Crippen molar-refractivity contribution < 1.29 is 0 Å². The summed E-state index contributed by atoms with van der Waals surface area (Å²) in [5.74, 6) is 0.386. The van der Waals surface area contributed by atoms with Crippen molar-refractivity contribution in [3.63, 3.8) is 0 Å². The fourth-order valence-corrected chi connectivity index (χ4v) is 1.41. The molecule has 0 atom stereocenters. The highest BCUT2D eigenvalue weighted by Gasteiger charge is 1.98. The van der Waals surface area contributed by atoms with Crippen molar-refractivity contribution in [2.75, 3.05) is 5.75 Å². The van der Waals surface area contributed by atoms with E-state index in [2.05, 4.69) is 4.98 Å². The molecule has 0 aliphatic carbocycles. The number of rotatable bonds is 2. The number of pyridine rings is 1. The van der Waals surface area contributed by atoms with Crippen molar-refractivity contribution >= 4 is 23.4 Å². The quantitative estimate of drug-likeness (QED) is 0.663. The Balaban J connectivity index is 2.71. The van der Waals surface area contributed by atoms with Gasteiger partial charge in [0.05, 0.1) is 16.8 Å². The smallest absolute Gasteiger partial charge is 0.116 e. The van der Waals surface area contributed by atoms with E-state index in [1.807, 2.05) is 6.07 Å². The van der Waals surface area contributed by atoms with Gasteiger partial charge in [0, 0.05) is 6.20 Å². The second-order valence-electron chi connectivity index (χ2n) is 1.74. The van der Waals surface area contributed by atoms with Crippen LogP contribution in [0.15, 0.2) is 23.4 Å². The van der Waals surface area contributed by atoms with Crippen molar-refractivity contribution in [3.8, 4) is 6.07 Å². The van der Waals surface area contributed by atoms with E-state index in [-0.39, 0.29) is 0 Å². The van der Waals surface area contributed by atoms with Gasteiger partial charge in [-0.15, -0.1) is 0 Å². The molecule has 1 rings (SSSR count). The van der Waals surface area contributed by atoms with Gasteiger partial charge in [0.1, 0.15) is 5.03 Å². The van der Waals surface area contributed by atoms with Crippen molar-refractivity contribution in [1.82, 2.24) is 4.98 Å². The number of hydrogen-bond acceptors (Lipinski definition) is 3. The number of nitriles is 1. The number of hydrogen-bond donors (Lipinski definition) is 0. The molecule has 0 bridgehead atoms. The fraction of sp³-hybridized carbons (Fsp3) is 0.143. The van der Waals surface area contributed by atoms with E-state index >= 15 is 0 Å². The Morgan fingerprint density at radius 2 is 2.55 bits per heavy atom. The van der Waals surface area contributed by atoms with Crippen LogP contribution in [-0.2, 0) is 0 Å². The molecule has 1 heterocycles. The maximum Gasteiger partial charge on any atom is 0.116 e. The van der Waals surface area contributed by atoms with Gasteiger partial charge < -0.3 is 0 Å². The summed E-state index contributed by atoms with van der Waals surface area (Å²) in [6.07, 6.45) is 1.66. The molecule has 0 aliphatic heterocycles. The second-order valence-corrected chi connectivity index (χ2v) is 3.11. The van der Waals surface area contributed by atoms with Gasteiger partial charge in [0.25, 0.3) is 0 Å². The predicted molar refractivity (Wildman–Crippen MR) is 45.6 cm³/mol. The van der Waals surface area contributed by atoms with E-state index in [9.17, 15) is 0 Å². The Bertz CT molecular complexity index is 282. The SMILES string of the molecule is N#CCSc1ncccc1Cl. The number of nitrogens with zero attached hydrogens (tertiary/aromatic N) is 2. The van der Waals surface area contributed by atoms with Gasteiger partial charge in [0.15, 0.2) is 0 Å². The predicted octanol–water partition coefficient (Wildman–Crippen LogP) is 2.35. The highest BCUT2D eigenvalue weighted by Crippen LogP contribution is 2.23. The molecule has 0 radical (unpaired) electrons. The molecule has 0 unspecified atom stereocenters. The normalized spacial score (nSPS) is 9.09. The molecule has 4 heteroatoms. The number of halogens is 1. The van der Waals surface area contributed by atoms with E-state index in [4.69, 9.17) is 16.9 Å².